The monoisotopic (exact) mass is 247 g/mol. The molecule has 0 aliphatic carbocycles. The van der Waals surface area contributed by atoms with E-state index < -0.39 is 0 Å². The van der Waals surface area contributed by atoms with Crippen molar-refractivity contribution < 1.29 is 9.15 Å². The molecule has 1 saturated heterocycles. The standard InChI is InChI=1S/C15H21NO2/c1-13-7-9-16(8-3-4-10-17-2)14(12-13)15-6-5-11-18-15/h5-6,11,13-14H,7-10,12H2,1-2H3/t13-,14-/m0/s1. The second kappa shape index (κ2) is 6.63. The summed E-state index contributed by atoms with van der Waals surface area (Å²) >= 11 is 0. The summed E-state index contributed by atoms with van der Waals surface area (Å²) in [5.74, 6) is 8.00. The lowest BCUT2D eigenvalue weighted by atomic mass is 9.91. The highest BCUT2D eigenvalue weighted by molar-refractivity contribution is 5.09. The molecule has 98 valence electrons. The zero-order valence-corrected chi connectivity index (χ0v) is 11.2. The predicted octanol–water partition coefficient (Wildman–Crippen LogP) is 2.70. The fourth-order valence-corrected chi connectivity index (χ4v) is 2.44. The van der Waals surface area contributed by atoms with E-state index in [2.05, 4.69) is 29.7 Å². The Labute approximate surface area is 109 Å². The van der Waals surface area contributed by atoms with Crippen molar-refractivity contribution in [1.82, 2.24) is 4.90 Å². The topological polar surface area (TPSA) is 25.6 Å². The highest BCUT2D eigenvalue weighted by Crippen LogP contribution is 2.33. The van der Waals surface area contributed by atoms with Crippen LogP contribution in [0.1, 0.15) is 31.6 Å². The Morgan fingerprint density at radius 1 is 1.50 bits per heavy atom. The van der Waals surface area contributed by atoms with Crippen LogP contribution in [0, 0.1) is 17.8 Å². The van der Waals surface area contributed by atoms with Crippen LogP contribution < -0.4 is 0 Å². The molecule has 3 nitrogen and oxygen atoms in total. The first kappa shape index (κ1) is 13.2. The summed E-state index contributed by atoms with van der Waals surface area (Å²) in [4.78, 5) is 2.40. The van der Waals surface area contributed by atoms with Gasteiger partial charge >= 0.3 is 0 Å². The Bertz CT molecular complexity index is 402. The fraction of sp³-hybridized carbons (Fsp3) is 0.600. The molecule has 3 heteroatoms. The summed E-state index contributed by atoms with van der Waals surface area (Å²) in [6.45, 7) is 4.70. The van der Waals surface area contributed by atoms with Crippen molar-refractivity contribution in [2.75, 3.05) is 26.8 Å². The fourth-order valence-electron chi connectivity index (χ4n) is 2.44. The van der Waals surface area contributed by atoms with E-state index in [4.69, 9.17) is 9.15 Å². The third-order valence-electron chi connectivity index (χ3n) is 3.47. The minimum absolute atomic E-state index is 0.376. The molecule has 18 heavy (non-hydrogen) atoms. The van der Waals surface area contributed by atoms with Gasteiger partial charge in [0, 0.05) is 13.7 Å². The third-order valence-corrected chi connectivity index (χ3v) is 3.47. The van der Waals surface area contributed by atoms with Gasteiger partial charge in [-0.25, -0.2) is 0 Å². The minimum Gasteiger partial charge on any atom is -0.468 e. The number of likely N-dealkylation sites (tertiary alicyclic amines) is 1. The minimum atomic E-state index is 0.376. The molecule has 1 aliphatic heterocycles. The van der Waals surface area contributed by atoms with Gasteiger partial charge in [0.15, 0.2) is 0 Å². The largest absolute Gasteiger partial charge is 0.468 e. The molecule has 0 spiro atoms. The second-order valence-corrected chi connectivity index (χ2v) is 4.92. The zero-order chi connectivity index (χ0) is 12.8. The maximum absolute atomic E-state index is 5.56. The molecule has 2 atom stereocenters. The molecule has 0 amide bonds. The quantitative estimate of drug-likeness (QED) is 0.768. The Morgan fingerprint density at radius 2 is 2.39 bits per heavy atom. The maximum atomic E-state index is 5.56. The first-order chi connectivity index (χ1) is 8.81. The van der Waals surface area contributed by atoms with Gasteiger partial charge in [0.05, 0.1) is 18.8 Å². The van der Waals surface area contributed by atoms with Crippen molar-refractivity contribution in [3.8, 4) is 11.8 Å². The Hall–Kier alpha value is -1.24. The van der Waals surface area contributed by atoms with Gasteiger partial charge in [-0.1, -0.05) is 18.8 Å². The molecule has 1 aromatic rings. The molecule has 0 N–H and O–H groups in total. The number of ether oxygens (including phenoxy) is 1. The molecule has 0 saturated carbocycles. The summed E-state index contributed by atoms with van der Waals surface area (Å²) in [6, 6.07) is 4.40. The van der Waals surface area contributed by atoms with Crippen molar-refractivity contribution in [3.63, 3.8) is 0 Å². The molecule has 1 aliphatic rings. The summed E-state index contributed by atoms with van der Waals surface area (Å²) in [7, 11) is 1.67. The molecule has 2 heterocycles. The number of nitrogens with zero attached hydrogens (tertiary/aromatic N) is 1. The molecule has 1 fully saturated rings. The Morgan fingerprint density at radius 3 is 3.11 bits per heavy atom. The number of piperidine rings is 1. The van der Waals surface area contributed by atoms with Crippen LogP contribution in [0.5, 0.6) is 0 Å². The van der Waals surface area contributed by atoms with Gasteiger partial charge in [0.25, 0.3) is 0 Å². The smallest absolute Gasteiger partial charge is 0.120 e. The summed E-state index contributed by atoms with van der Waals surface area (Å²) in [6.07, 6.45) is 4.14. The normalized spacial score (nSPS) is 24.6. The van der Waals surface area contributed by atoms with E-state index in [1.54, 1.807) is 13.4 Å². The van der Waals surface area contributed by atoms with Gasteiger partial charge in [0.1, 0.15) is 12.4 Å². The van der Waals surface area contributed by atoms with Crippen LogP contribution in [-0.2, 0) is 4.74 Å². The highest BCUT2D eigenvalue weighted by Gasteiger charge is 2.28. The van der Waals surface area contributed by atoms with Crippen LogP contribution in [0.15, 0.2) is 22.8 Å². The zero-order valence-electron chi connectivity index (χ0n) is 11.2. The van der Waals surface area contributed by atoms with E-state index >= 15 is 0 Å². The van der Waals surface area contributed by atoms with Crippen LogP contribution in [-0.4, -0.2) is 31.7 Å². The molecule has 0 bridgehead atoms. The van der Waals surface area contributed by atoms with E-state index in [-0.39, 0.29) is 0 Å². The molecular weight excluding hydrogens is 226 g/mol. The van der Waals surface area contributed by atoms with Crippen molar-refractivity contribution in [1.29, 1.82) is 0 Å². The SMILES string of the molecule is COCC#CCN1CC[C@H](C)C[C@H]1c1ccco1. The van der Waals surface area contributed by atoms with Gasteiger partial charge in [-0.15, -0.1) is 0 Å². The molecule has 0 radical (unpaired) electrons. The maximum Gasteiger partial charge on any atom is 0.120 e. The van der Waals surface area contributed by atoms with Gasteiger partial charge in [-0.3, -0.25) is 4.90 Å². The van der Waals surface area contributed by atoms with Crippen molar-refractivity contribution >= 4 is 0 Å². The average Bonchev–Trinajstić information content (AvgIpc) is 2.90. The molecule has 0 aromatic carbocycles. The van der Waals surface area contributed by atoms with E-state index in [9.17, 15) is 0 Å². The Kier molecular flexibility index (Phi) is 4.86. The Balaban J connectivity index is 2.00. The van der Waals surface area contributed by atoms with Gasteiger partial charge < -0.3 is 9.15 Å². The number of hydrogen-bond acceptors (Lipinski definition) is 3. The number of hydrogen-bond donors (Lipinski definition) is 0. The van der Waals surface area contributed by atoms with Crippen LogP contribution in [0.2, 0.25) is 0 Å². The molecule has 0 unspecified atom stereocenters. The highest BCUT2D eigenvalue weighted by atomic mass is 16.5. The lowest BCUT2D eigenvalue weighted by molar-refractivity contribution is 0.117. The van der Waals surface area contributed by atoms with Crippen molar-refractivity contribution in [2.45, 2.75) is 25.8 Å². The van der Waals surface area contributed by atoms with Crippen LogP contribution in [0.25, 0.3) is 0 Å². The lowest BCUT2D eigenvalue weighted by Gasteiger charge is -2.36. The van der Waals surface area contributed by atoms with Gasteiger partial charge in [-0.05, 0) is 30.9 Å². The predicted molar refractivity (Wildman–Crippen MR) is 71.1 cm³/mol. The first-order valence-electron chi connectivity index (χ1n) is 6.53. The van der Waals surface area contributed by atoms with E-state index in [0.29, 0.717) is 12.6 Å². The average molecular weight is 247 g/mol. The third kappa shape index (κ3) is 3.38. The van der Waals surface area contributed by atoms with E-state index in [1.165, 1.54) is 6.42 Å². The van der Waals surface area contributed by atoms with Crippen LogP contribution in [0.4, 0.5) is 0 Å². The lowest BCUT2D eigenvalue weighted by Crippen LogP contribution is -2.36. The summed E-state index contributed by atoms with van der Waals surface area (Å²) < 4.78 is 10.5. The molecular formula is C15H21NO2. The van der Waals surface area contributed by atoms with Crippen molar-refractivity contribution in [3.05, 3.63) is 24.2 Å². The number of methoxy groups -OCH3 is 1. The first-order valence-corrected chi connectivity index (χ1v) is 6.53. The van der Waals surface area contributed by atoms with Crippen molar-refractivity contribution in [2.24, 2.45) is 5.92 Å². The molecule has 2 rings (SSSR count). The van der Waals surface area contributed by atoms with Gasteiger partial charge in [-0.2, -0.15) is 0 Å². The second-order valence-electron chi connectivity index (χ2n) is 4.92. The van der Waals surface area contributed by atoms with E-state index in [1.807, 2.05) is 6.07 Å². The summed E-state index contributed by atoms with van der Waals surface area (Å²) in [5.41, 5.74) is 0. The summed E-state index contributed by atoms with van der Waals surface area (Å²) in [5, 5.41) is 0. The number of rotatable bonds is 3. The van der Waals surface area contributed by atoms with Crippen LogP contribution in [0.3, 0.4) is 0 Å². The van der Waals surface area contributed by atoms with Crippen LogP contribution >= 0.6 is 0 Å². The van der Waals surface area contributed by atoms with Gasteiger partial charge in [0.2, 0.25) is 0 Å². The van der Waals surface area contributed by atoms with E-state index in [0.717, 1.165) is 31.2 Å². The number of furan rings is 1. The molecule has 1 aromatic heterocycles.